The molecule has 118 valence electrons. The Morgan fingerprint density at radius 3 is 2.55 bits per heavy atom. The van der Waals surface area contributed by atoms with Gasteiger partial charge in [-0.1, -0.05) is 24.3 Å². The van der Waals surface area contributed by atoms with Gasteiger partial charge in [-0.3, -0.25) is 4.79 Å². The summed E-state index contributed by atoms with van der Waals surface area (Å²) in [4.78, 5) is 12.1. The first-order chi connectivity index (χ1) is 10.5. The zero-order chi connectivity index (χ0) is 15.7. The minimum absolute atomic E-state index is 0.114. The van der Waals surface area contributed by atoms with Gasteiger partial charge in [0.05, 0.1) is 6.26 Å². The number of carbonyl (C=O) groups is 1. The lowest BCUT2D eigenvalue weighted by Crippen LogP contribution is -2.46. The Labute approximate surface area is 126 Å². The van der Waals surface area contributed by atoms with Crippen LogP contribution in [0.2, 0.25) is 0 Å². The number of fused-ring (bicyclic) bond motifs is 1. The number of ether oxygens (including phenoxy) is 1. The number of hydrogen-bond acceptors (Lipinski definition) is 2. The van der Waals surface area contributed by atoms with Crippen LogP contribution in [-0.4, -0.2) is 30.1 Å². The average Bonchev–Trinajstić information content (AvgIpc) is 2.53. The number of amides is 1. The van der Waals surface area contributed by atoms with E-state index < -0.39 is 12.1 Å². The molecule has 0 radical (unpaired) electrons. The van der Waals surface area contributed by atoms with Crippen molar-refractivity contribution < 1.29 is 22.7 Å². The molecule has 1 atom stereocenters. The van der Waals surface area contributed by atoms with Crippen LogP contribution >= 0.6 is 0 Å². The first-order valence-electron chi connectivity index (χ1n) is 7.24. The fourth-order valence-corrected chi connectivity index (χ4v) is 3.14. The minimum atomic E-state index is -4.79. The van der Waals surface area contributed by atoms with Gasteiger partial charge in [0, 0.05) is 19.0 Å². The molecule has 2 aliphatic rings. The van der Waals surface area contributed by atoms with E-state index in [1.54, 1.807) is 6.26 Å². The summed E-state index contributed by atoms with van der Waals surface area (Å²) in [5, 5.41) is 0. The molecule has 0 saturated carbocycles. The molecule has 1 amide bonds. The molecular formula is C16H16F3NO2. The van der Waals surface area contributed by atoms with Crippen LogP contribution in [0.3, 0.4) is 0 Å². The van der Waals surface area contributed by atoms with Crippen LogP contribution < -0.4 is 0 Å². The second kappa shape index (κ2) is 5.66. The molecule has 2 aliphatic heterocycles. The smallest absolute Gasteiger partial charge is 0.471 e. The molecule has 0 spiro atoms. The quantitative estimate of drug-likeness (QED) is 0.794. The van der Waals surface area contributed by atoms with Gasteiger partial charge in [0.2, 0.25) is 0 Å². The van der Waals surface area contributed by atoms with Gasteiger partial charge < -0.3 is 9.64 Å². The molecule has 6 heteroatoms. The number of benzene rings is 1. The summed E-state index contributed by atoms with van der Waals surface area (Å²) >= 11 is 0. The lowest BCUT2D eigenvalue weighted by Gasteiger charge is -2.37. The van der Waals surface area contributed by atoms with E-state index in [1.165, 1.54) is 0 Å². The summed E-state index contributed by atoms with van der Waals surface area (Å²) in [6.07, 6.45) is -0.398. The first kappa shape index (κ1) is 14.9. The van der Waals surface area contributed by atoms with Crippen molar-refractivity contribution in [3.8, 4) is 0 Å². The molecule has 1 saturated heterocycles. The maximum atomic E-state index is 12.5. The number of carbonyl (C=O) groups excluding carboxylic acids is 1. The normalized spacial score (nSPS) is 22.1. The van der Waals surface area contributed by atoms with Crippen LogP contribution in [0.4, 0.5) is 13.2 Å². The molecular weight excluding hydrogens is 295 g/mol. The van der Waals surface area contributed by atoms with E-state index in [2.05, 4.69) is 0 Å². The van der Waals surface area contributed by atoms with E-state index in [0.717, 1.165) is 16.0 Å². The second-order valence-electron chi connectivity index (χ2n) is 5.62. The monoisotopic (exact) mass is 311 g/mol. The molecule has 1 aromatic rings. The average molecular weight is 311 g/mol. The predicted octanol–water partition coefficient (Wildman–Crippen LogP) is 3.53. The minimum Gasteiger partial charge on any atom is -0.493 e. The zero-order valence-corrected chi connectivity index (χ0v) is 11.8. The van der Waals surface area contributed by atoms with Crippen molar-refractivity contribution in [3.63, 3.8) is 0 Å². The van der Waals surface area contributed by atoms with E-state index in [9.17, 15) is 18.0 Å². The fourth-order valence-electron chi connectivity index (χ4n) is 3.14. The largest absolute Gasteiger partial charge is 0.493 e. The fraction of sp³-hybridized carbons (Fsp3) is 0.438. The number of alkyl halides is 3. The van der Waals surface area contributed by atoms with Gasteiger partial charge in [-0.2, -0.15) is 13.2 Å². The predicted molar refractivity (Wildman–Crippen MR) is 74.7 cm³/mol. The summed E-state index contributed by atoms with van der Waals surface area (Å²) in [6, 6.07) is 7.84. The highest BCUT2D eigenvalue weighted by atomic mass is 19.4. The van der Waals surface area contributed by atoms with E-state index in [4.69, 9.17) is 4.74 Å². The molecule has 0 aliphatic carbocycles. The molecule has 1 unspecified atom stereocenters. The number of likely N-dealkylation sites (tertiary alicyclic amines) is 1. The lowest BCUT2D eigenvalue weighted by atomic mass is 9.84. The molecule has 3 rings (SSSR count). The maximum absolute atomic E-state index is 12.5. The highest BCUT2D eigenvalue weighted by Gasteiger charge is 2.44. The van der Waals surface area contributed by atoms with Crippen molar-refractivity contribution in [2.24, 2.45) is 5.92 Å². The van der Waals surface area contributed by atoms with Crippen LogP contribution in [0.5, 0.6) is 0 Å². The third kappa shape index (κ3) is 2.82. The SMILES string of the molecule is O=C(N1CCC(C2OC=Cc3ccccc32)CC1)C(F)(F)F. The Morgan fingerprint density at radius 2 is 1.86 bits per heavy atom. The Kier molecular flexibility index (Phi) is 3.85. The van der Waals surface area contributed by atoms with Crippen molar-refractivity contribution >= 4 is 12.0 Å². The van der Waals surface area contributed by atoms with E-state index >= 15 is 0 Å². The van der Waals surface area contributed by atoms with Crippen LogP contribution in [0.15, 0.2) is 30.5 Å². The standard InChI is InChI=1S/C16H16F3NO2/c17-16(18,19)15(21)20-8-5-12(6-9-20)14-13-4-2-1-3-11(13)7-10-22-14/h1-4,7,10,12,14H,5-6,8-9H2. The van der Waals surface area contributed by atoms with Gasteiger partial charge in [-0.15, -0.1) is 0 Å². The number of halogens is 3. The first-order valence-corrected chi connectivity index (χ1v) is 7.24. The van der Waals surface area contributed by atoms with Crippen molar-refractivity contribution in [2.45, 2.75) is 25.1 Å². The Balaban J connectivity index is 1.68. The summed E-state index contributed by atoms with van der Waals surface area (Å²) in [6.45, 7) is 0.240. The van der Waals surface area contributed by atoms with Crippen molar-refractivity contribution in [1.82, 2.24) is 4.90 Å². The molecule has 0 bridgehead atoms. The maximum Gasteiger partial charge on any atom is 0.471 e. The van der Waals surface area contributed by atoms with Crippen molar-refractivity contribution in [2.75, 3.05) is 13.1 Å². The van der Waals surface area contributed by atoms with Gasteiger partial charge >= 0.3 is 12.1 Å². The van der Waals surface area contributed by atoms with Crippen molar-refractivity contribution in [3.05, 3.63) is 41.7 Å². The van der Waals surface area contributed by atoms with Gasteiger partial charge in [0.15, 0.2) is 0 Å². The van der Waals surface area contributed by atoms with Gasteiger partial charge in [-0.05, 0) is 30.0 Å². The van der Waals surface area contributed by atoms with Crippen LogP contribution in [0.1, 0.15) is 30.1 Å². The van der Waals surface area contributed by atoms with Gasteiger partial charge in [-0.25, -0.2) is 0 Å². The second-order valence-corrected chi connectivity index (χ2v) is 5.62. The molecule has 3 nitrogen and oxygen atoms in total. The lowest BCUT2D eigenvalue weighted by molar-refractivity contribution is -0.187. The number of rotatable bonds is 1. The van der Waals surface area contributed by atoms with Crippen LogP contribution in [-0.2, 0) is 9.53 Å². The number of piperidine rings is 1. The summed E-state index contributed by atoms with van der Waals surface area (Å²) < 4.78 is 43.1. The summed E-state index contributed by atoms with van der Waals surface area (Å²) in [5.74, 6) is -1.63. The molecule has 0 N–H and O–H groups in total. The Hall–Kier alpha value is -1.98. The molecule has 0 aromatic heterocycles. The summed E-state index contributed by atoms with van der Waals surface area (Å²) in [5.41, 5.74) is 2.14. The molecule has 22 heavy (non-hydrogen) atoms. The van der Waals surface area contributed by atoms with Crippen molar-refractivity contribution in [1.29, 1.82) is 0 Å². The van der Waals surface area contributed by atoms with E-state index in [0.29, 0.717) is 12.8 Å². The molecule has 1 fully saturated rings. The van der Waals surface area contributed by atoms with E-state index in [1.807, 2.05) is 30.3 Å². The number of nitrogens with zero attached hydrogens (tertiary/aromatic N) is 1. The zero-order valence-electron chi connectivity index (χ0n) is 11.8. The Morgan fingerprint density at radius 1 is 1.18 bits per heavy atom. The third-order valence-corrected chi connectivity index (χ3v) is 4.27. The summed E-state index contributed by atoms with van der Waals surface area (Å²) in [7, 11) is 0. The third-order valence-electron chi connectivity index (χ3n) is 4.27. The molecule has 2 heterocycles. The topological polar surface area (TPSA) is 29.5 Å². The van der Waals surface area contributed by atoms with E-state index in [-0.39, 0.29) is 25.1 Å². The number of hydrogen-bond donors (Lipinski definition) is 0. The Bertz CT molecular complexity index is 589. The van der Waals surface area contributed by atoms with Gasteiger partial charge in [0.1, 0.15) is 6.10 Å². The van der Waals surface area contributed by atoms with Gasteiger partial charge in [0.25, 0.3) is 0 Å². The van der Waals surface area contributed by atoms with Crippen LogP contribution in [0.25, 0.3) is 6.08 Å². The molecule has 1 aromatic carbocycles. The highest BCUT2D eigenvalue weighted by Crippen LogP contribution is 2.38. The van der Waals surface area contributed by atoms with Crippen LogP contribution in [0, 0.1) is 5.92 Å². The highest BCUT2D eigenvalue weighted by molar-refractivity contribution is 5.81.